The summed E-state index contributed by atoms with van der Waals surface area (Å²) in [6, 6.07) is 20.9. The molecule has 1 fully saturated rings. The number of urea groups is 1. The molecule has 3 N–H and O–H groups in total. The highest BCUT2D eigenvalue weighted by molar-refractivity contribution is 6.09. The molecule has 0 aromatic heterocycles. The number of carbonyl (C=O) groups excluding carboxylic acids is 4. The van der Waals surface area contributed by atoms with E-state index < -0.39 is 23.4 Å². The van der Waals surface area contributed by atoms with Crippen LogP contribution < -0.4 is 25.5 Å². The molecular formula is C26H24N4O6. The van der Waals surface area contributed by atoms with Crippen LogP contribution in [0.2, 0.25) is 0 Å². The van der Waals surface area contributed by atoms with E-state index in [1.807, 2.05) is 0 Å². The number of ether oxygens (including phenoxy) is 2. The number of hydrogen-bond donors (Lipinski definition) is 3. The van der Waals surface area contributed by atoms with Gasteiger partial charge in [0, 0.05) is 17.3 Å². The average molecular weight is 489 g/mol. The lowest BCUT2D eigenvalue weighted by Gasteiger charge is -2.22. The van der Waals surface area contributed by atoms with Gasteiger partial charge < -0.3 is 20.1 Å². The van der Waals surface area contributed by atoms with Gasteiger partial charge in [-0.2, -0.15) is 5.01 Å². The van der Waals surface area contributed by atoms with Crippen molar-refractivity contribution in [2.75, 3.05) is 19.0 Å². The molecule has 5 amide bonds. The molecule has 0 saturated carbocycles. The lowest BCUT2D eigenvalue weighted by atomic mass is 9.92. The second kappa shape index (κ2) is 10.2. The normalized spacial score (nSPS) is 16.8. The van der Waals surface area contributed by atoms with E-state index in [4.69, 9.17) is 9.47 Å². The maximum absolute atomic E-state index is 12.9. The standard InChI is InChI=1S/C26H24N4O6/c1-26(18-7-4-3-5-8-18)24(33)30(25(34)28-26)29-23(32)17-11-13-20(14-12-17)36-16-22(31)27-19-9-6-10-21(15-19)35-2/h3-15H,16H2,1-2H3,(H,27,31)(H,28,34)(H,29,32). The lowest BCUT2D eigenvalue weighted by Crippen LogP contribution is -2.47. The van der Waals surface area contributed by atoms with Gasteiger partial charge in [-0.3, -0.25) is 19.8 Å². The van der Waals surface area contributed by atoms with Crippen LogP contribution in [0, 0.1) is 0 Å². The molecule has 0 bridgehead atoms. The second-order valence-corrected chi connectivity index (χ2v) is 8.10. The summed E-state index contributed by atoms with van der Waals surface area (Å²) in [7, 11) is 1.54. The molecule has 1 atom stereocenters. The van der Waals surface area contributed by atoms with Crippen molar-refractivity contribution in [2.45, 2.75) is 12.5 Å². The summed E-state index contributed by atoms with van der Waals surface area (Å²) in [5, 5.41) is 5.99. The number of hydrazine groups is 1. The van der Waals surface area contributed by atoms with Crippen LogP contribution in [0.1, 0.15) is 22.8 Å². The van der Waals surface area contributed by atoms with Crippen LogP contribution in [0.5, 0.6) is 11.5 Å². The van der Waals surface area contributed by atoms with Gasteiger partial charge in [0.2, 0.25) is 0 Å². The molecule has 1 aliphatic heterocycles. The van der Waals surface area contributed by atoms with Gasteiger partial charge in [0.25, 0.3) is 17.7 Å². The minimum absolute atomic E-state index is 0.192. The fourth-order valence-electron chi connectivity index (χ4n) is 3.62. The number of benzene rings is 3. The van der Waals surface area contributed by atoms with Crippen molar-refractivity contribution in [2.24, 2.45) is 0 Å². The van der Waals surface area contributed by atoms with Crippen molar-refractivity contribution >= 4 is 29.4 Å². The van der Waals surface area contributed by atoms with E-state index in [1.165, 1.54) is 31.4 Å². The molecule has 1 heterocycles. The quantitative estimate of drug-likeness (QED) is 0.419. The number of imide groups is 1. The molecule has 10 heteroatoms. The van der Waals surface area contributed by atoms with Crippen LogP contribution >= 0.6 is 0 Å². The zero-order valence-electron chi connectivity index (χ0n) is 19.6. The molecular weight excluding hydrogens is 464 g/mol. The molecule has 0 spiro atoms. The predicted molar refractivity (Wildman–Crippen MR) is 130 cm³/mol. The maximum Gasteiger partial charge on any atom is 0.344 e. The summed E-state index contributed by atoms with van der Waals surface area (Å²) in [6.07, 6.45) is 0. The Bertz CT molecular complexity index is 1300. The number of methoxy groups -OCH3 is 1. The predicted octanol–water partition coefficient (Wildman–Crippen LogP) is 2.82. The molecule has 3 aromatic rings. The SMILES string of the molecule is COc1cccc(NC(=O)COc2ccc(C(=O)NN3C(=O)NC(C)(c4ccccc4)C3=O)cc2)c1. The topological polar surface area (TPSA) is 126 Å². The summed E-state index contributed by atoms with van der Waals surface area (Å²) < 4.78 is 10.6. The van der Waals surface area contributed by atoms with Crippen LogP contribution in [0.15, 0.2) is 78.9 Å². The Morgan fingerprint density at radius 1 is 0.944 bits per heavy atom. The molecule has 36 heavy (non-hydrogen) atoms. The largest absolute Gasteiger partial charge is 0.497 e. The zero-order valence-corrected chi connectivity index (χ0v) is 19.6. The number of nitrogens with zero attached hydrogens (tertiary/aromatic N) is 1. The molecule has 0 aliphatic carbocycles. The van der Waals surface area contributed by atoms with Gasteiger partial charge in [-0.05, 0) is 48.9 Å². The first-order chi connectivity index (χ1) is 17.3. The number of nitrogens with one attached hydrogen (secondary N) is 3. The van der Waals surface area contributed by atoms with Crippen LogP contribution in [0.4, 0.5) is 10.5 Å². The van der Waals surface area contributed by atoms with Gasteiger partial charge in [-0.25, -0.2) is 4.79 Å². The molecule has 10 nitrogen and oxygen atoms in total. The summed E-state index contributed by atoms with van der Waals surface area (Å²) in [4.78, 5) is 50.2. The Morgan fingerprint density at radius 2 is 1.67 bits per heavy atom. The molecule has 1 saturated heterocycles. The third kappa shape index (κ3) is 5.12. The molecule has 3 aromatic carbocycles. The Kier molecular flexibility index (Phi) is 6.86. The van der Waals surface area contributed by atoms with E-state index in [9.17, 15) is 19.2 Å². The highest BCUT2D eigenvalue weighted by atomic mass is 16.5. The Morgan fingerprint density at radius 3 is 2.36 bits per heavy atom. The van der Waals surface area contributed by atoms with Crippen LogP contribution in [0.3, 0.4) is 0 Å². The summed E-state index contributed by atoms with van der Waals surface area (Å²) in [5.41, 5.74) is 2.40. The van der Waals surface area contributed by atoms with Crippen LogP contribution in [-0.4, -0.2) is 42.5 Å². The van der Waals surface area contributed by atoms with E-state index in [2.05, 4.69) is 16.1 Å². The lowest BCUT2D eigenvalue weighted by molar-refractivity contribution is -0.132. The fourth-order valence-corrected chi connectivity index (χ4v) is 3.62. The van der Waals surface area contributed by atoms with Gasteiger partial charge in [-0.1, -0.05) is 36.4 Å². The van der Waals surface area contributed by atoms with Gasteiger partial charge in [0.05, 0.1) is 7.11 Å². The summed E-state index contributed by atoms with van der Waals surface area (Å²) in [5.74, 6) is -0.656. The number of amides is 5. The van der Waals surface area contributed by atoms with Gasteiger partial charge >= 0.3 is 6.03 Å². The third-order valence-corrected chi connectivity index (χ3v) is 5.60. The van der Waals surface area contributed by atoms with Crippen molar-refractivity contribution in [3.05, 3.63) is 90.0 Å². The van der Waals surface area contributed by atoms with Crippen LogP contribution in [-0.2, 0) is 15.1 Å². The monoisotopic (exact) mass is 488 g/mol. The van der Waals surface area contributed by atoms with Gasteiger partial charge in [0.1, 0.15) is 17.0 Å². The van der Waals surface area contributed by atoms with Crippen molar-refractivity contribution in [3.63, 3.8) is 0 Å². The molecule has 0 radical (unpaired) electrons. The highest BCUT2D eigenvalue weighted by Crippen LogP contribution is 2.27. The van der Waals surface area contributed by atoms with Gasteiger partial charge in [-0.15, -0.1) is 0 Å². The van der Waals surface area contributed by atoms with E-state index in [1.54, 1.807) is 61.5 Å². The first-order valence-corrected chi connectivity index (χ1v) is 11.0. The second-order valence-electron chi connectivity index (χ2n) is 8.10. The molecule has 1 unspecified atom stereocenters. The van der Waals surface area contributed by atoms with Gasteiger partial charge in [0.15, 0.2) is 6.61 Å². The maximum atomic E-state index is 12.9. The number of carbonyl (C=O) groups is 4. The molecule has 4 rings (SSSR count). The number of hydrogen-bond acceptors (Lipinski definition) is 6. The third-order valence-electron chi connectivity index (χ3n) is 5.60. The van der Waals surface area contributed by atoms with E-state index in [-0.39, 0.29) is 18.1 Å². The highest BCUT2D eigenvalue weighted by Gasteiger charge is 2.50. The fraction of sp³-hybridized carbons (Fsp3) is 0.154. The van der Waals surface area contributed by atoms with E-state index in [0.29, 0.717) is 27.8 Å². The van der Waals surface area contributed by atoms with Crippen molar-refractivity contribution < 1.29 is 28.7 Å². The van der Waals surface area contributed by atoms with Crippen molar-refractivity contribution in [1.82, 2.24) is 15.8 Å². The molecule has 1 aliphatic rings. The minimum Gasteiger partial charge on any atom is -0.497 e. The minimum atomic E-state index is -1.30. The zero-order chi connectivity index (χ0) is 25.7. The van der Waals surface area contributed by atoms with E-state index in [0.717, 1.165) is 0 Å². The number of anilines is 1. The summed E-state index contributed by atoms with van der Waals surface area (Å²) >= 11 is 0. The number of rotatable bonds is 8. The Labute approximate surface area is 207 Å². The van der Waals surface area contributed by atoms with Crippen LogP contribution in [0.25, 0.3) is 0 Å². The Balaban J connectivity index is 1.33. The molecule has 184 valence electrons. The Hall–Kier alpha value is -4.86. The smallest absolute Gasteiger partial charge is 0.344 e. The van der Waals surface area contributed by atoms with Crippen molar-refractivity contribution in [1.29, 1.82) is 0 Å². The van der Waals surface area contributed by atoms with E-state index >= 15 is 0 Å². The first kappa shape index (κ1) is 24.3. The van der Waals surface area contributed by atoms with Crippen molar-refractivity contribution in [3.8, 4) is 11.5 Å². The average Bonchev–Trinajstić information content (AvgIpc) is 3.12. The first-order valence-electron chi connectivity index (χ1n) is 11.0. The summed E-state index contributed by atoms with van der Waals surface area (Å²) in [6.45, 7) is 1.33.